The summed E-state index contributed by atoms with van der Waals surface area (Å²) in [6.45, 7) is 7.84. The smallest absolute Gasteiger partial charge is 0.254 e. The molecule has 9 heteroatoms. The molecule has 0 N–H and O–H groups in total. The van der Waals surface area contributed by atoms with Gasteiger partial charge in [-0.05, 0) is 37.8 Å². The van der Waals surface area contributed by atoms with Crippen molar-refractivity contribution in [3.8, 4) is 0 Å². The van der Waals surface area contributed by atoms with Gasteiger partial charge in [-0.15, -0.1) is 0 Å². The first-order valence-electron chi connectivity index (χ1n) is 11.5. The third-order valence-electron chi connectivity index (χ3n) is 6.36. The lowest BCUT2D eigenvalue weighted by Gasteiger charge is -2.40. The molecule has 1 aromatic carbocycles. The molecule has 0 bridgehead atoms. The van der Waals surface area contributed by atoms with Gasteiger partial charge in [-0.1, -0.05) is 48.5 Å². The van der Waals surface area contributed by atoms with E-state index in [9.17, 15) is 9.59 Å². The Labute approximate surface area is 204 Å². The highest BCUT2D eigenvalue weighted by molar-refractivity contribution is 7.99. The van der Waals surface area contributed by atoms with Crippen LogP contribution in [0.3, 0.4) is 0 Å². The Hall–Kier alpha value is -2.32. The average Bonchev–Trinajstić information content (AvgIpc) is 2.82. The van der Waals surface area contributed by atoms with Gasteiger partial charge in [0, 0.05) is 50.4 Å². The number of hydrogen-bond donors (Lipinski definition) is 0. The minimum Gasteiger partial charge on any atom is -0.353 e. The van der Waals surface area contributed by atoms with Gasteiger partial charge in [0.1, 0.15) is 11.0 Å². The van der Waals surface area contributed by atoms with Gasteiger partial charge in [0.25, 0.3) is 5.91 Å². The average molecular weight is 488 g/mol. The highest BCUT2D eigenvalue weighted by Crippen LogP contribution is 2.25. The summed E-state index contributed by atoms with van der Waals surface area (Å²) in [6.07, 6.45) is 2.12. The van der Waals surface area contributed by atoms with Crippen molar-refractivity contribution < 1.29 is 9.59 Å². The van der Waals surface area contributed by atoms with Gasteiger partial charge in [0.2, 0.25) is 5.91 Å². The summed E-state index contributed by atoms with van der Waals surface area (Å²) < 4.78 is 0. The van der Waals surface area contributed by atoms with Crippen molar-refractivity contribution in [3.05, 3.63) is 47.1 Å². The zero-order valence-corrected chi connectivity index (χ0v) is 20.7. The molecule has 3 heterocycles. The molecule has 2 amide bonds. The van der Waals surface area contributed by atoms with E-state index in [1.807, 2.05) is 47.1 Å². The minimum atomic E-state index is 0.0272. The standard InChI is InChI=1S/C24H30ClN5O2S/c1-17-8-10-28(11-9-17)22(31)16-33-24-26-20(25)14-21(27-24)29-12-13-30(18(2)15-29)23(32)19-6-4-3-5-7-19/h3-7,14,17-18H,8-13,15-16H2,1-2H3. The number of amides is 2. The van der Waals surface area contributed by atoms with Crippen LogP contribution in [-0.4, -0.2) is 76.1 Å². The molecule has 2 saturated heterocycles. The Morgan fingerprint density at radius 2 is 1.79 bits per heavy atom. The molecule has 2 fully saturated rings. The summed E-state index contributed by atoms with van der Waals surface area (Å²) in [5.74, 6) is 1.90. The lowest BCUT2D eigenvalue weighted by Crippen LogP contribution is -2.54. The molecular weight excluding hydrogens is 458 g/mol. The maximum absolute atomic E-state index is 12.9. The maximum atomic E-state index is 12.9. The van der Waals surface area contributed by atoms with Crippen LogP contribution in [0.2, 0.25) is 5.15 Å². The van der Waals surface area contributed by atoms with E-state index in [0.717, 1.165) is 31.7 Å². The summed E-state index contributed by atoms with van der Waals surface area (Å²) in [7, 11) is 0. The van der Waals surface area contributed by atoms with Gasteiger partial charge in [0.05, 0.1) is 5.75 Å². The molecule has 2 aliphatic rings. The number of anilines is 1. The first-order valence-corrected chi connectivity index (χ1v) is 12.8. The van der Waals surface area contributed by atoms with Gasteiger partial charge in [-0.25, -0.2) is 9.97 Å². The Morgan fingerprint density at radius 1 is 1.06 bits per heavy atom. The van der Waals surface area contributed by atoms with Crippen molar-refractivity contribution in [2.24, 2.45) is 5.92 Å². The number of piperidine rings is 1. The molecule has 1 unspecified atom stereocenters. The molecule has 176 valence electrons. The lowest BCUT2D eigenvalue weighted by atomic mass is 9.99. The number of thioether (sulfide) groups is 1. The van der Waals surface area contributed by atoms with Crippen molar-refractivity contribution in [1.82, 2.24) is 19.8 Å². The molecule has 0 saturated carbocycles. The number of carbonyl (C=O) groups is 2. The van der Waals surface area contributed by atoms with Gasteiger partial charge >= 0.3 is 0 Å². The fraction of sp³-hybridized carbons (Fsp3) is 0.500. The van der Waals surface area contributed by atoms with E-state index in [-0.39, 0.29) is 17.9 Å². The minimum absolute atomic E-state index is 0.0272. The molecule has 1 aromatic heterocycles. The molecular formula is C24H30ClN5O2S. The fourth-order valence-electron chi connectivity index (χ4n) is 4.30. The van der Waals surface area contributed by atoms with E-state index in [2.05, 4.69) is 21.8 Å². The first-order chi connectivity index (χ1) is 15.9. The van der Waals surface area contributed by atoms with Crippen molar-refractivity contribution in [1.29, 1.82) is 0 Å². The van der Waals surface area contributed by atoms with E-state index in [4.69, 9.17) is 11.6 Å². The molecule has 0 aliphatic carbocycles. The largest absolute Gasteiger partial charge is 0.353 e. The number of nitrogens with zero attached hydrogens (tertiary/aromatic N) is 5. The first kappa shape index (κ1) is 23.8. The summed E-state index contributed by atoms with van der Waals surface area (Å²) >= 11 is 7.62. The van der Waals surface area contributed by atoms with Crippen LogP contribution in [0.4, 0.5) is 5.82 Å². The summed E-state index contributed by atoms with van der Waals surface area (Å²) in [5, 5.41) is 0.865. The normalized spacial score (nSPS) is 19.6. The van der Waals surface area contributed by atoms with E-state index >= 15 is 0 Å². The van der Waals surface area contributed by atoms with Gasteiger partial charge in [0.15, 0.2) is 5.16 Å². The molecule has 0 radical (unpaired) electrons. The fourth-order valence-corrected chi connectivity index (χ4v) is 5.29. The summed E-state index contributed by atoms with van der Waals surface area (Å²) in [4.78, 5) is 40.4. The van der Waals surface area contributed by atoms with Crippen molar-refractivity contribution in [3.63, 3.8) is 0 Å². The van der Waals surface area contributed by atoms with Crippen LogP contribution in [0, 0.1) is 5.92 Å². The van der Waals surface area contributed by atoms with E-state index in [1.54, 1.807) is 6.07 Å². The van der Waals surface area contributed by atoms with E-state index < -0.39 is 0 Å². The maximum Gasteiger partial charge on any atom is 0.254 e. The predicted octanol–water partition coefficient (Wildman–Crippen LogP) is 3.83. The number of halogens is 1. The summed E-state index contributed by atoms with van der Waals surface area (Å²) in [5.41, 5.74) is 0.703. The van der Waals surface area contributed by atoms with Crippen LogP contribution in [0.15, 0.2) is 41.6 Å². The molecule has 2 aliphatic heterocycles. The number of likely N-dealkylation sites (tertiary alicyclic amines) is 1. The number of carbonyl (C=O) groups excluding carboxylic acids is 2. The Balaban J connectivity index is 1.37. The topological polar surface area (TPSA) is 69.6 Å². The summed E-state index contributed by atoms with van der Waals surface area (Å²) in [6, 6.07) is 11.1. The molecule has 4 rings (SSSR count). The molecule has 1 atom stereocenters. The Bertz CT molecular complexity index is 984. The number of rotatable bonds is 5. The molecule has 33 heavy (non-hydrogen) atoms. The van der Waals surface area contributed by atoms with Crippen LogP contribution >= 0.6 is 23.4 Å². The quantitative estimate of drug-likeness (QED) is 0.362. The lowest BCUT2D eigenvalue weighted by molar-refractivity contribution is -0.129. The zero-order chi connectivity index (χ0) is 23.4. The molecule has 7 nitrogen and oxygen atoms in total. The predicted molar refractivity (Wildman–Crippen MR) is 132 cm³/mol. The third kappa shape index (κ3) is 5.98. The van der Waals surface area contributed by atoms with Gasteiger partial charge < -0.3 is 14.7 Å². The number of aromatic nitrogens is 2. The zero-order valence-electron chi connectivity index (χ0n) is 19.1. The number of piperazine rings is 1. The van der Waals surface area contributed by atoms with Crippen LogP contribution in [0.5, 0.6) is 0 Å². The highest BCUT2D eigenvalue weighted by Gasteiger charge is 2.29. The number of benzene rings is 1. The highest BCUT2D eigenvalue weighted by atomic mass is 35.5. The van der Waals surface area contributed by atoms with Crippen LogP contribution in [0.1, 0.15) is 37.0 Å². The van der Waals surface area contributed by atoms with E-state index in [1.165, 1.54) is 11.8 Å². The monoisotopic (exact) mass is 487 g/mol. The third-order valence-corrected chi connectivity index (χ3v) is 7.38. The second-order valence-corrected chi connectivity index (χ2v) is 10.2. The Kier molecular flexibility index (Phi) is 7.75. The van der Waals surface area contributed by atoms with Gasteiger partial charge in [-0.3, -0.25) is 9.59 Å². The second kappa shape index (κ2) is 10.7. The van der Waals surface area contributed by atoms with Crippen molar-refractivity contribution in [2.75, 3.05) is 43.4 Å². The van der Waals surface area contributed by atoms with Crippen molar-refractivity contribution in [2.45, 2.75) is 37.9 Å². The van der Waals surface area contributed by atoms with E-state index in [0.29, 0.717) is 47.2 Å². The Morgan fingerprint density at radius 3 is 2.48 bits per heavy atom. The van der Waals surface area contributed by atoms with Crippen LogP contribution in [-0.2, 0) is 4.79 Å². The molecule has 0 spiro atoms. The SMILES string of the molecule is CC1CCN(C(=O)CSc2nc(Cl)cc(N3CCN(C(=O)c4ccccc4)C(C)C3)n2)CC1. The molecule has 2 aromatic rings. The van der Waals surface area contributed by atoms with Crippen molar-refractivity contribution >= 4 is 41.0 Å². The number of hydrogen-bond acceptors (Lipinski definition) is 6. The second-order valence-electron chi connectivity index (χ2n) is 8.84. The van der Waals surface area contributed by atoms with Crippen LogP contribution < -0.4 is 4.90 Å². The van der Waals surface area contributed by atoms with Crippen LogP contribution in [0.25, 0.3) is 0 Å². The van der Waals surface area contributed by atoms with Gasteiger partial charge in [-0.2, -0.15) is 0 Å².